The highest BCUT2D eigenvalue weighted by molar-refractivity contribution is 5.79. The fourth-order valence-electron chi connectivity index (χ4n) is 2.47. The minimum atomic E-state index is -0.158. The van der Waals surface area contributed by atoms with E-state index in [9.17, 15) is 0 Å². The molecule has 2 aromatic rings. The summed E-state index contributed by atoms with van der Waals surface area (Å²) in [6.45, 7) is 12.8. The van der Waals surface area contributed by atoms with Crippen LogP contribution in [0.1, 0.15) is 64.4 Å². The van der Waals surface area contributed by atoms with Crippen molar-refractivity contribution in [3.63, 3.8) is 0 Å². The smallest absolute Gasteiger partial charge is 0.232 e. The number of hydrogen-bond donors (Lipinski definition) is 2. The van der Waals surface area contributed by atoms with Crippen LogP contribution in [-0.4, -0.2) is 35.8 Å². The predicted molar refractivity (Wildman–Crippen MR) is 111 cm³/mol. The zero-order chi connectivity index (χ0) is 20.4. The van der Waals surface area contributed by atoms with E-state index in [-0.39, 0.29) is 11.5 Å². The van der Waals surface area contributed by atoms with Gasteiger partial charge in [-0.15, -0.1) is 0 Å². The summed E-state index contributed by atoms with van der Waals surface area (Å²) in [5.74, 6) is 1.95. The second-order valence-corrected chi connectivity index (χ2v) is 7.66. The molecule has 1 unspecified atom stereocenters. The van der Waals surface area contributed by atoms with Gasteiger partial charge in [0.05, 0.1) is 6.10 Å². The van der Waals surface area contributed by atoms with Gasteiger partial charge in [0, 0.05) is 25.1 Å². The first-order chi connectivity index (χ1) is 13.4. The molecule has 1 atom stereocenters. The van der Waals surface area contributed by atoms with Gasteiger partial charge in [-0.1, -0.05) is 56.3 Å². The van der Waals surface area contributed by atoms with Gasteiger partial charge in [0.15, 0.2) is 11.8 Å². The number of nitrogens with one attached hydrogen (secondary N) is 2. The highest BCUT2D eigenvalue weighted by Gasteiger charge is 2.21. The Morgan fingerprint density at radius 1 is 1.21 bits per heavy atom. The molecule has 0 saturated carbocycles. The van der Waals surface area contributed by atoms with Crippen LogP contribution in [0.2, 0.25) is 0 Å². The first-order valence-electron chi connectivity index (χ1n) is 9.92. The summed E-state index contributed by atoms with van der Waals surface area (Å²) in [6, 6.07) is 10.2. The Hall–Kier alpha value is -2.41. The molecular formula is C21H33N5O2. The van der Waals surface area contributed by atoms with E-state index < -0.39 is 0 Å². The van der Waals surface area contributed by atoms with Crippen molar-refractivity contribution in [1.82, 2.24) is 20.8 Å². The molecular weight excluding hydrogens is 354 g/mol. The van der Waals surface area contributed by atoms with E-state index in [1.165, 1.54) is 5.56 Å². The van der Waals surface area contributed by atoms with E-state index in [1.807, 2.05) is 45.9 Å². The summed E-state index contributed by atoms with van der Waals surface area (Å²) >= 11 is 0. The molecule has 0 aliphatic carbocycles. The zero-order valence-corrected chi connectivity index (χ0v) is 17.7. The fourth-order valence-corrected chi connectivity index (χ4v) is 2.47. The van der Waals surface area contributed by atoms with Crippen LogP contribution in [-0.2, 0) is 16.7 Å². The molecule has 0 amide bonds. The molecule has 2 N–H and O–H groups in total. The SMILES string of the molecule is CCNC(=NCc1noc(C(C)(C)C)n1)NCCCOC(C)c1ccccc1. The average molecular weight is 388 g/mol. The molecule has 0 saturated heterocycles. The number of nitrogens with zero attached hydrogens (tertiary/aromatic N) is 3. The number of rotatable bonds is 9. The maximum absolute atomic E-state index is 5.90. The zero-order valence-electron chi connectivity index (χ0n) is 17.7. The summed E-state index contributed by atoms with van der Waals surface area (Å²) in [4.78, 5) is 8.94. The standard InChI is InChI=1S/C21H33N5O2/c1-6-22-20(24-15-18-25-19(28-26-18)21(3,4)5)23-13-10-14-27-16(2)17-11-8-7-9-12-17/h7-9,11-12,16H,6,10,13-15H2,1-5H3,(H2,22,23,24). The van der Waals surface area contributed by atoms with Crippen molar-refractivity contribution in [2.75, 3.05) is 19.7 Å². The molecule has 1 aromatic heterocycles. The van der Waals surface area contributed by atoms with Gasteiger partial charge in [0.1, 0.15) is 6.54 Å². The number of ether oxygens (including phenoxy) is 1. The highest BCUT2D eigenvalue weighted by atomic mass is 16.5. The van der Waals surface area contributed by atoms with Gasteiger partial charge >= 0.3 is 0 Å². The normalized spacial score (nSPS) is 13.4. The third kappa shape index (κ3) is 7.31. The van der Waals surface area contributed by atoms with E-state index in [0.29, 0.717) is 24.9 Å². The van der Waals surface area contributed by atoms with Gasteiger partial charge in [0.2, 0.25) is 5.89 Å². The number of guanidine groups is 1. The molecule has 0 fully saturated rings. The summed E-state index contributed by atoms with van der Waals surface area (Å²) in [7, 11) is 0. The lowest BCUT2D eigenvalue weighted by atomic mass is 9.97. The number of benzene rings is 1. The Labute approximate surface area is 168 Å². The van der Waals surface area contributed by atoms with Gasteiger partial charge < -0.3 is 19.9 Å². The first kappa shape index (κ1) is 21.9. The summed E-state index contributed by atoms with van der Waals surface area (Å²) in [5.41, 5.74) is 1.04. The topological polar surface area (TPSA) is 84.6 Å². The third-order valence-electron chi connectivity index (χ3n) is 4.08. The van der Waals surface area contributed by atoms with Gasteiger partial charge in [-0.2, -0.15) is 4.98 Å². The van der Waals surface area contributed by atoms with Gasteiger partial charge in [-0.3, -0.25) is 0 Å². The van der Waals surface area contributed by atoms with Crippen molar-refractivity contribution in [2.45, 2.75) is 59.1 Å². The molecule has 0 radical (unpaired) electrons. The second-order valence-electron chi connectivity index (χ2n) is 7.66. The van der Waals surface area contributed by atoms with Gasteiger partial charge in [-0.05, 0) is 25.8 Å². The maximum Gasteiger partial charge on any atom is 0.232 e. The molecule has 1 heterocycles. The van der Waals surface area contributed by atoms with Crippen molar-refractivity contribution in [1.29, 1.82) is 0 Å². The minimum Gasteiger partial charge on any atom is -0.374 e. The van der Waals surface area contributed by atoms with Crippen molar-refractivity contribution >= 4 is 5.96 Å². The second kappa shape index (κ2) is 10.8. The van der Waals surface area contributed by atoms with Crippen molar-refractivity contribution < 1.29 is 9.26 Å². The Bertz CT molecular complexity index is 722. The van der Waals surface area contributed by atoms with Crippen molar-refractivity contribution in [2.24, 2.45) is 4.99 Å². The molecule has 1 aromatic carbocycles. The predicted octanol–water partition coefficient (Wildman–Crippen LogP) is 3.59. The lowest BCUT2D eigenvalue weighted by Crippen LogP contribution is -2.38. The van der Waals surface area contributed by atoms with Crippen LogP contribution in [0.3, 0.4) is 0 Å². The van der Waals surface area contributed by atoms with E-state index >= 15 is 0 Å². The molecule has 0 spiro atoms. The molecule has 7 nitrogen and oxygen atoms in total. The fraction of sp³-hybridized carbons (Fsp3) is 0.571. The molecule has 28 heavy (non-hydrogen) atoms. The average Bonchev–Trinajstić information content (AvgIpc) is 3.16. The Balaban J connectivity index is 1.74. The number of aromatic nitrogens is 2. The van der Waals surface area contributed by atoms with Gasteiger partial charge in [0.25, 0.3) is 0 Å². The lowest BCUT2D eigenvalue weighted by Gasteiger charge is -2.14. The first-order valence-corrected chi connectivity index (χ1v) is 9.92. The number of hydrogen-bond acceptors (Lipinski definition) is 5. The molecule has 2 rings (SSSR count). The van der Waals surface area contributed by atoms with Crippen LogP contribution >= 0.6 is 0 Å². The van der Waals surface area contributed by atoms with E-state index in [1.54, 1.807) is 0 Å². The Morgan fingerprint density at radius 3 is 2.61 bits per heavy atom. The van der Waals surface area contributed by atoms with Crippen LogP contribution in [0.4, 0.5) is 0 Å². The largest absolute Gasteiger partial charge is 0.374 e. The van der Waals surface area contributed by atoms with Crippen LogP contribution in [0.5, 0.6) is 0 Å². The van der Waals surface area contributed by atoms with Crippen LogP contribution < -0.4 is 10.6 Å². The summed E-state index contributed by atoms with van der Waals surface area (Å²) in [6.07, 6.45) is 0.983. The Morgan fingerprint density at radius 2 is 1.96 bits per heavy atom. The van der Waals surface area contributed by atoms with Gasteiger partial charge in [-0.25, -0.2) is 4.99 Å². The molecule has 7 heteroatoms. The van der Waals surface area contributed by atoms with Crippen LogP contribution in [0.25, 0.3) is 0 Å². The van der Waals surface area contributed by atoms with Crippen molar-refractivity contribution in [3.8, 4) is 0 Å². The van der Waals surface area contributed by atoms with E-state index in [2.05, 4.69) is 44.8 Å². The van der Waals surface area contributed by atoms with Crippen molar-refractivity contribution in [3.05, 3.63) is 47.6 Å². The molecule has 154 valence electrons. The maximum atomic E-state index is 5.90. The molecule has 0 bridgehead atoms. The minimum absolute atomic E-state index is 0.0957. The number of aliphatic imine (C=N–C) groups is 1. The summed E-state index contributed by atoms with van der Waals surface area (Å²) in [5, 5.41) is 10.5. The lowest BCUT2D eigenvalue weighted by molar-refractivity contribution is 0.0646. The van der Waals surface area contributed by atoms with Crippen LogP contribution in [0.15, 0.2) is 39.8 Å². The third-order valence-corrected chi connectivity index (χ3v) is 4.08. The quantitative estimate of drug-likeness (QED) is 0.389. The summed E-state index contributed by atoms with van der Waals surface area (Å²) < 4.78 is 11.2. The van der Waals surface area contributed by atoms with E-state index in [4.69, 9.17) is 9.26 Å². The Kier molecular flexibility index (Phi) is 8.44. The van der Waals surface area contributed by atoms with E-state index in [0.717, 1.165) is 25.5 Å². The highest BCUT2D eigenvalue weighted by Crippen LogP contribution is 2.19. The molecule has 0 aliphatic rings. The van der Waals surface area contributed by atoms with Crippen LogP contribution in [0, 0.1) is 0 Å². The molecule has 0 aliphatic heterocycles. The monoisotopic (exact) mass is 387 g/mol.